The van der Waals surface area contributed by atoms with Crippen molar-refractivity contribution < 1.29 is 26.4 Å². The van der Waals surface area contributed by atoms with Gasteiger partial charge < -0.3 is 5.32 Å². The van der Waals surface area contributed by atoms with Gasteiger partial charge in [-0.25, -0.2) is 13.1 Å². The van der Waals surface area contributed by atoms with Crippen molar-refractivity contribution in [3.8, 4) is 5.69 Å². The van der Waals surface area contributed by atoms with Crippen LogP contribution in [0.25, 0.3) is 5.69 Å². The molecule has 0 radical (unpaired) electrons. The summed E-state index contributed by atoms with van der Waals surface area (Å²) in [6.07, 6.45) is -3.23. The lowest BCUT2D eigenvalue weighted by Crippen LogP contribution is -2.35. The summed E-state index contributed by atoms with van der Waals surface area (Å²) < 4.78 is 62.5. The molecule has 0 bridgehead atoms. The van der Waals surface area contributed by atoms with Crippen LogP contribution in [0.4, 0.5) is 13.2 Å². The molecule has 1 aliphatic heterocycles. The maximum Gasteiger partial charge on any atom is 0.433 e. The van der Waals surface area contributed by atoms with Crippen molar-refractivity contribution in [3.63, 3.8) is 0 Å². The van der Waals surface area contributed by atoms with Crippen LogP contribution >= 0.6 is 0 Å². The van der Waals surface area contributed by atoms with E-state index in [9.17, 15) is 26.4 Å². The van der Waals surface area contributed by atoms with Gasteiger partial charge in [-0.05, 0) is 30.7 Å². The summed E-state index contributed by atoms with van der Waals surface area (Å²) in [5, 5.41) is 6.26. The first-order chi connectivity index (χ1) is 11.7. The number of rotatable bonds is 3. The number of benzene rings is 1. The molecular formula is C15H14F3N3O3S. The van der Waals surface area contributed by atoms with Gasteiger partial charge in [-0.2, -0.15) is 18.3 Å². The third-order valence-corrected chi connectivity index (χ3v) is 5.62. The van der Waals surface area contributed by atoms with E-state index in [0.29, 0.717) is 11.1 Å². The van der Waals surface area contributed by atoms with E-state index >= 15 is 0 Å². The van der Waals surface area contributed by atoms with Gasteiger partial charge in [0.1, 0.15) is 5.69 Å². The summed E-state index contributed by atoms with van der Waals surface area (Å²) in [5.41, 5.74) is -0.735. The van der Waals surface area contributed by atoms with Crippen LogP contribution in [0.1, 0.15) is 22.5 Å². The van der Waals surface area contributed by atoms with E-state index in [4.69, 9.17) is 0 Å². The molecule has 1 aromatic carbocycles. The van der Waals surface area contributed by atoms with Crippen molar-refractivity contribution in [2.24, 2.45) is 0 Å². The number of nitrogens with zero attached hydrogens (tertiary/aromatic N) is 2. The zero-order chi connectivity index (χ0) is 18.2. The largest absolute Gasteiger partial charge is 0.433 e. The van der Waals surface area contributed by atoms with Gasteiger partial charge in [0.25, 0.3) is 5.91 Å². The fourth-order valence-corrected chi connectivity index (χ4v) is 4.35. The molecule has 1 saturated heterocycles. The lowest BCUT2D eigenvalue weighted by molar-refractivity contribution is -0.142. The van der Waals surface area contributed by atoms with Crippen LogP contribution in [0.2, 0.25) is 0 Å². The van der Waals surface area contributed by atoms with Crippen LogP contribution < -0.4 is 5.32 Å². The second kappa shape index (κ2) is 6.17. The number of nitrogens with one attached hydrogen (secondary N) is 1. The van der Waals surface area contributed by atoms with Gasteiger partial charge in [0.15, 0.2) is 9.84 Å². The van der Waals surface area contributed by atoms with E-state index in [1.807, 2.05) is 0 Å². The molecule has 134 valence electrons. The van der Waals surface area contributed by atoms with Gasteiger partial charge in [-0.1, -0.05) is 6.07 Å². The number of carbonyl (C=O) groups is 1. The molecule has 0 saturated carbocycles. The average Bonchev–Trinajstić information content (AvgIpc) is 3.13. The van der Waals surface area contributed by atoms with Gasteiger partial charge in [0.2, 0.25) is 0 Å². The molecule has 3 rings (SSSR count). The highest BCUT2D eigenvalue weighted by Gasteiger charge is 2.35. The molecule has 1 unspecified atom stereocenters. The normalized spacial score (nSPS) is 19.7. The molecular weight excluding hydrogens is 359 g/mol. The lowest BCUT2D eigenvalue weighted by Gasteiger charge is -2.13. The summed E-state index contributed by atoms with van der Waals surface area (Å²) >= 11 is 0. The van der Waals surface area contributed by atoms with Crippen molar-refractivity contribution in [2.75, 3.05) is 11.5 Å². The molecule has 0 spiro atoms. The van der Waals surface area contributed by atoms with Crippen molar-refractivity contribution >= 4 is 15.7 Å². The quantitative estimate of drug-likeness (QED) is 0.890. The number of alkyl halides is 3. The van der Waals surface area contributed by atoms with Crippen molar-refractivity contribution in [1.29, 1.82) is 0 Å². The van der Waals surface area contributed by atoms with Gasteiger partial charge in [0.05, 0.1) is 23.4 Å². The number of halogens is 3. The Hall–Kier alpha value is -2.36. The minimum Gasteiger partial charge on any atom is -0.348 e. The van der Waals surface area contributed by atoms with E-state index in [-0.39, 0.29) is 22.8 Å². The molecule has 1 amide bonds. The Labute approximate surface area is 141 Å². The number of amides is 1. The third-order valence-electron chi connectivity index (χ3n) is 3.85. The van der Waals surface area contributed by atoms with Crippen LogP contribution in [0.5, 0.6) is 0 Å². The van der Waals surface area contributed by atoms with E-state index in [0.717, 1.165) is 12.3 Å². The third kappa shape index (κ3) is 3.84. The number of sulfone groups is 1. The number of aromatic nitrogens is 2. The predicted molar refractivity (Wildman–Crippen MR) is 83.1 cm³/mol. The topological polar surface area (TPSA) is 81.1 Å². The Balaban J connectivity index is 1.83. The Morgan fingerprint density at radius 2 is 2.04 bits per heavy atom. The molecule has 1 atom stereocenters. The number of hydrogen-bond acceptors (Lipinski definition) is 4. The molecule has 2 aromatic rings. The maximum absolute atomic E-state index is 13.0. The minimum atomic E-state index is -4.58. The molecule has 6 nitrogen and oxygen atoms in total. The Morgan fingerprint density at radius 1 is 1.28 bits per heavy atom. The first kappa shape index (κ1) is 17.5. The van der Waals surface area contributed by atoms with Gasteiger partial charge in [0, 0.05) is 11.6 Å². The lowest BCUT2D eigenvalue weighted by atomic mass is 10.1. The van der Waals surface area contributed by atoms with Gasteiger partial charge >= 0.3 is 6.18 Å². The summed E-state index contributed by atoms with van der Waals surface area (Å²) in [6.45, 7) is 0. The summed E-state index contributed by atoms with van der Waals surface area (Å²) in [7, 11) is -3.14. The molecule has 25 heavy (non-hydrogen) atoms. The first-order valence-electron chi connectivity index (χ1n) is 7.39. The number of hydrogen-bond donors (Lipinski definition) is 1. The second-order valence-corrected chi connectivity index (χ2v) is 7.98. The monoisotopic (exact) mass is 373 g/mol. The van der Waals surface area contributed by atoms with Gasteiger partial charge in [-0.3, -0.25) is 4.79 Å². The first-order valence-corrected chi connectivity index (χ1v) is 9.21. The van der Waals surface area contributed by atoms with Crippen LogP contribution in [0, 0.1) is 0 Å². The van der Waals surface area contributed by atoms with Crippen LogP contribution in [-0.2, 0) is 16.0 Å². The SMILES string of the molecule is O=C(NC1CCS(=O)(=O)C1)c1cccc(-n2nccc2C(F)(F)F)c1. The van der Waals surface area contributed by atoms with E-state index in [1.54, 1.807) is 0 Å². The summed E-state index contributed by atoms with van der Waals surface area (Å²) in [4.78, 5) is 12.3. The Kier molecular flexibility index (Phi) is 4.31. The van der Waals surface area contributed by atoms with Crippen molar-refractivity contribution in [2.45, 2.75) is 18.6 Å². The minimum absolute atomic E-state index is 0.0141. The van der Waals surface area contributed by atoms with Crippen LogP contribution in [-0.4, -0.2) is 41.7 Å². The summed E-state index contributed by atoms with van der Waals surface area (Å²) in [6, 6.07) is 5.92. The predicted octanol–water partition coefficient (Wildman–Crippen LogP) is 1.81. The van der Waals surface area contributed by atoms with Gasteiger partial charge in [-0.15, -0.1) is 0 Å². The van der Waals surface area contributed by atoms with E-state index in [2.05, 4.69) is 10.4 Å². The van der Waals surface area contributed by atoms with Crippen molar-refractivity contribution in [1.82, 2.24) is 15.1 Å². The van der Waals surface area contributed by atoms with E-state index in [1.165, 1.54) is 24.3 Å². The highest BCUT2D eigenvalue weighted by molar-refractivity contribution is 7.91. The van der Waals surface area contributed by atoms with E-state index < -0.39 is 33.7 Å². The standard InChI is InChI=1S/C15H14F3N3O3S/c16-15(17,18)13-4-6-19-21(13)12-3-1-2-10(8-12)14(22)20-11-5-7-25(23,24)9-11/h1-4,6,8,11H,5,7,9H2,(H,20,22). The summed E-state index contributed by atoms with van der Waals surface area (Å²) in [5.74, 6) is -0.652. The highest BCUT2D eigenvalue weighted by Crippen LogP contribution is 2.30. The van der Waals surface area contributed by atoms with Crippen LogP contribution in [0.3, 0.4) is 0 Å². The Morgan fingerprint density at radius 3 is 2.68 bits per heavy atom. The fraction of sp³-hybridized carbons (Fsp3) is 0.333. The zero-order valence-corrected chi connectivity index (χ0v) is 13.6. The average molecular weight is 373 g/mol. The van der Waals surface area contributed by atoms with Crippen LogP contribution in [0.15, 0.2) is 36.5 Å². The zero-order valence-electron chi connectivity index (χ0n) is 12.8. The smallest absolute Gasteiger partial charge is 0.348 e. The second-order valence-electron chi connectivity index (χ2n) is 5.75. The maximum atomic E-state index is 13.0. The fourth-order valence-electron chi connectivity index (χ4n) is 2.68. The molecule has 1 aromatic heterocycles. The molecule has 10 heteroatoms. The molecule has 0 aliphatic carbocycles. The number of carbonyl (C=O) groups excluding carboxylic acids is 1. The molecule has 1 fully saturated rings. The Bertz CT molecular complexity index is 906. The molecule has 1 N–H and O–H groups in total. The van der Waals surface area contributed by atoms with Crippen molar-refractivity contribution in [3.05, 3.63) is 47.8 Å². The molecule has 1 aliphatic rings. The molecule has 2 heterocycles. The highest BCUT2D eigenvalue weighted by atomic mass is 32.2.